The molecule has 2 aromatic rings. The highest BCUT2D eigenvalue weighted by atomic mass is 16.5. The van der Waals surface area contributed by atoms with Gasteiger partial charge in [0.05, 0.1) is 19.3 Å². The SMILES string of the molecule is COc1ccccc1C(=O)N1CCCC(COc2cccc(C(=O)NC3CC3)c2)C1. The minimum atomic E-state index is -0.0470. The molecule has 0 radical (unpaired) electrons. The Morgan fingerprint density at radius 2 is 1.93 bits per heavy atom. The molecule has 6 heteroatoms. The van der Waals surface area contributed by atoms with Crippen LogP contribution in [0.4, 0.5) is 0 Å². The van der Waals surface area contributed by atoms with E-state index in [4.69, 9.17) is 9.47 Å². The summed E-state index contributed by atoms with van der Waals surface area (Å²) in [6, 6.07) is 15.0. The molecule has 1 aliphatic heterocycles. The minimum absolute atomic E-state index is 0.00380. The summed E-state index contributed by atoms with van der Waals surface area (Å²) in [7, 11) is 1.58. The summed E-state index contributed by atoms with van der Waals surface area (Å²) in [6.07, 6.45) is 4.08. The molecule has 1 aliphatic carbocycles. The first-order valence-electron chi connectivity index (χ1n) is 10.6. The first-order chi connectivity index (χ1) is 14.6. The number of nitrogens with one attached hydrogen (secondary N) is 1. The summed E-state index contributed by atoms with van der Waals surface area (Å²) in [5, 5.41) is 3.00. The van der Waals surface area contributed by atoms with Crippen LogP contribution >= 0.6 is 0 Å². The van der Waals surface area contributed by atoms with Crippen molar-refractivity contribution in [1.82, 2.24) is 10.2 Å². The maximum Gasteiger partial charge on any atom is 0.257 e. The summed E-state index contributed by atoms with van der Waals surface area (Å²) < 4.78 is 11.3. The van der Waals surface area contributed by atoms with E-state index in [0.717, 1.165) is 32.2 Å². The predicted molar refractivity (Wildman–Crippen MR) is 114 cm³/mol. The number of carbonyl (C=O) groups excluding carboxylic acids is 2. The van der Waals surface area contributed by atoms with Crippen molar-refractivity contribution in [2.75, 3.05) is 26.8 Å². The van der Waals surface area contributed by atoms with Gasteiger partial charge in [-0.15, -0.1) is 0 Å². The Morgan fingerprint density at radius 1 is 1.10 bits per heavy atom. The van der Waals surface area contributed by atoms with E-state index in [2.05, 4.69) is 5.32 Å². The fourth-order valence-electron chi connectivity index (χ4n) is 3.81. The van der Waals surface area contributed by atoms with Crippen molar-refractivity contribution >= 4 is 11.8 Å². The summed E-state index contributed by atoms with van der Waals surface area (Å²) in [5.41, 5.74) is 1.21. The number of likely N-dealkylation sites (tertiary alicyclic amines) is 1. The number of ether oxygens (including phenoxy) is 2. The van der Waals surface area contributed by atoms with E-state index in [1.165, 1.54) is 0 Å². The maximum atomic E-state index is 13.0. The molecule has 2 fully saturated rings. The van der Waals surface area contributed by atoms with Crippen LogP contribution in [0.3, 0.4) is 0 Å². The van der Waals surface area contributed by atoms with Gasteiger partial charge in [-0.2, -0.15) is 0 Å². The molecule has 30 heavy (non-hydrogen) atoms. The van der Waals surface area contributed by atoms with Gasteiger partial charge in [-0.3, -0.25) is 9.59 Å². The van der Waals surface area contributed by atoms with Gasteiger partial charge in [0, 0.05) is 30.6 Å². The number of rotatable bonds is 7. The minimum Gasteiger partial charge on any atom is -0.496 e. The van der Waals surface area contributed by atoms with Crippen molar-refractivity contribution in [3.8, 4) is 11.5 Å². The zero-order valence-corrected chi connectivity index (χ0v) is 17.3. The molecule has 2 aromatic carbocycles. The molecule has 158 valence electrons. The predicted octanol–water partition coefficient (Wildman–Crippen LogP) is 3.52. The monoisotopic (exact) mass is 408 g/mol. The number of hydrogen-bond donors (Lipinski definition) is 1. The van der Waals surface area contributed by atoms with Gasteiger partial charge < -0.3 is 19.7 Å². The second-order valence-electron chi connectivity index (χ2n) is 8.05. The number of para-hydroxylation sites is 1. The molecule has 1 unspecified atom stereocenters. The van der Waals surface area contributed by atoms with Crippen LogP contribution in [-0.4, -0.2) is 49.6 Å². The molecule has 0 aromatic heterocycles. The topological polar surface area (TPSA) is 67.9 Å². The van der Waals surface area contributed by atoms with Crippen molar-refractivity contribution in [3.05, 3.63) is 59.7 Å². The standard InChI is InChI=1S/C24H28N2O4/c1-29-22-10-3-2-9-21(22)24(28)26-13-5-6-17(15-26)16-30-20-8-4-7-18(14-20)23(27)25-19-11-12-19/h2-4,7-10,14,17,19H,5-6,11-13,15-16H2,1H3,(H,25,27). The van der Waals surface area contributed by atoms with Crippen LogP contribution in [-0.2, 0) is 0 Å². The molecule has 2 aliphatic rings. The van der Waals surface area contributed by atoms with E-state index < -0.39 is 0 Å². The van der Waals surface area contributed by atoms with Crippen LogP contribution in [0.15, 0.2) is 48.5 Å². The van der Waals surface area contributed by atoms with Crippen molar-refractivity contribution in [1.29, 1.82) is 0 Å². The van der Waals surface area contributed by atoms with Crippen LogP contribution in [0.1, 0.15) is 46.4 Å². The summed E-state index contributed by atoms with van der Waals surface area (Å²) in [6.45, 7) is 1.91. The molecule has 0 bridgehead atoms. The lowest BCUT2D eigenvalue weighted by molar-refractivity contribution is 0.0629. The number of amides is 2. The largest absolute Gasteiger partial charge is 0.496 e. The fraction of sp³-hybridized carbons (Fsp3) is 0.417. The first-order valence-corrected chi connectivity index (χ1v) is 10.6. The van der Waals surface area contributed by atoms with Gasteiger partial charge in [0.25, 0.3) is 11.8 Å². The molecule has 4 rings (SSSR count). The van der Waals surface area contributed by atoms with Crippen LogP contribution in [0.25, 0.3) is 0 Å². The summed E-state index contributed by atoms with van der Waals surface area (Å²) in [5.74, 6) is 1.49. The molecular formula is C24H28N2O4. The number of carbonyl (C=O) groups is 2. The lowest BCUT2D eigenvalue weighted by Gasteiger charge is -2.33. The van der Waals surface area contributed by atoms with Gasteiger partial charge in [0.15, 0.2) is 0 Å². The summed E-state index contributed by atoms with van der Waals surface area (Å²) >= 11 is 0. The van der Waals surface area contributed by atoms with Crippen LogP contribution < -0.4 is 14.8 Å². The number of piperidine rings is 1. The molecule has 1 heterocycles. The number of hydrogen-bond acceptors (Lipinski definition) is 4. The van der Waals surface area contributed by atoms with Gasteiger partial charge >= 0.3 is 0 Å². The van der Waals surface area contributed by atoms with E-state index in [0.29, 0.717) is 41.8 Å². The Labute approximate surface area is 177 Å². The van der Waals surface area contributed by atoms with E-state index >= 15 is 0 Å². The van der Waals surface area contributed by atoms with Gasteiger partial charge in [-0.1, -0.05) is 18.2 Å². The molecule has 6 nitrogen and oxygen atoms in total. The van der Waals surface area contributed by atoms with Gasteiger partial charge in [0.1, 0.15) is 11.5 Å². The molecule has 0 spiro atoms. The smallest absolute Gasteiger partial charge is 0.257 e. The van der Waals surface area contributed by atoms with E-state index in [1.807, 2.05) is 35.2 Å². The highest BCUT2D eigenvalue weighted by Gasteiger charge is 2.27. The molecule has 1 N–H and O–H groups in total. The molecule has 1 atom stereocenters. The number of methoxy groups -OCH3 is 1. The highest BCUT2D eigenvalue weighted by Crippen LogP contribution is 2.25. The lowest BCUT2D eigenvalue weighted by atomic mass is 9.98. The van der Waals surface area contributed by atoms with Crippen LogP contribution in [0.5, 0.6) is 11.5 Å². The van der Waals surface area contributed by atoms with Crippen molar-refractivity contribution in [3.63, 3.8) is 0 Å². The third-order valence-electron chi connectivity index (χ3n) is 5.64. The Bertz CT molecular complexity index is 910. The average Bonchev–Trinajstić information content (AvgIpc) is 3.61. The maximum absolute atomic E-state index is 13.0. The normalized spacial score (nSPS) is 18.6. The Hall–Kier alpha value is -3.02. The van der Waals surface area contributed by atoms with Crippen molar-refractivity contribution in [2.24, 2.45) is 5.92 Å². The number of nitrogens with zero attached hydrogens (tertiary/aromatic N) is 1. The van der Waals surface area contributed by atoms with Gasteiger partial charge in [0.2, 0.25) is 0 Å². The van der Waals surface area contributed by atoms with E-state index in [9.17, 15) is 9.59 Å². The number of benzene rings is 2. The van der Waals surface area contributed by atoms with E-state index in [-0.39, 0.29) is 17.7 Å². The third-order valence-corrected chi connectivity index (χ3v) is 5.64. The molecule has 2 amide bonds. The van der Waals surface area contributed by atoms with Gasteiger partial charge in [-0.05, 0) is 56.0 Å². The quantitative estimate of drug-likeness (QED) is 0.761. The summed E-state index contributed by atoms with van der Waals surface area (Å²) in [4.78, 5) is 27.1. The van der Waals surface area contributed by atoms with Crippen molar-refractivity contribution in [2.45, 2.75) is 31.7 Å². The molecule has 1 saturated carbocycles. The fourth-order valence-corrected chi connectivity index (χ4v) is 3.81. The Kier molecular flexibility index (Phi) is 6.21. The third kappa shape index (κ3) is 4.93. The van der Waals surface area contributed by atoms with Crippen LogP contribution in [0.2, 0.25) is 0 Å². The zero-order valence-electron chi connectivity index (χ0n) is 17.3. The second kappa shape index (κ2) is 9.20. The van der Waals surface area contributed by atoms with Gasteiger partial charge in [-0.25, -0.2) is 0 Å². The average molecular weight is 408 g/mol. The lowest BCUT2D eigenvalue weighted by Crippen LogP contribution is -2.41. The molecular weight excluding hydrogens is 380 g/mol. The first kappa shape index (κ1) is 20.3. The molecule has 1 saturated heterocycles. The van der Waals surface area contributed by atoms with Crippen LogP contribution in [0, 0.1) is 5.92 Å². The Balaban J connectivity index is 1.34. The zero-order chi connectivity index (χ0) is 20.9. The second-order valence-corrected chi connectivity index (χ2v) is 8.05. The highest BCUT2D eigenvalue weighted by molar-refractivity contribution is 5.97. The van der Waals surface area contributed by atoms with E-state index in [1.54, 1.807) is 25.3 Å². The Morgan fingerprint density at radius 3 is 2.73 bits per heavy atom. The van der Waals surface area contributed by atoms with Crippen molar-refractivity contribution < 1.29 is 19.1 Å².